The van der Waals surface area contributed by atoms with Crippen molar-refractivity contribution in [1.29, 1.82) is 0 Å². The van der Waals surface area contributed by atoms with E-state index in [4.69, 9.17) is 5.11 Å². The first-order valence-electron chi connectivity index (χ1n) is 6.67. The first-order chi connectivity index (χ1) is 9.63. The molecule has 2 rings (SSSR count). The third kappa shape index (κ3) is 3.11. The predicted molar refractivity (Wildman–Crippen MR) is 73.3 cm³/mol. The van der Waals surface area contributed by atoms with Gasteiger partial charge in [0.2, 0.25) is 5.91 Å². The van der Waals surface area contributed by atoms with Crippen LogP contribution in [0.25, 0.3) is 5.78 Å². The van der Waals surface area contributed by atoms with E-state index in [2.05, 4.69) is 20.4 Å². The van der Waals surface area contributed by atoms with Crippen LogP contribution in [0.3, 0.4) is 0 Å². The predicted octanol–water partition coefficient (Wildman–Crippen LogP) is 0.172. The van der Waals surface area contributed by atoms with Crippen LogP contribution < -0.4 is 5.32 Å². The highest BCUT2D eigenvalue weighted by molar-refractivity contribution is 5.76. The minimum absolute atomic E-state index is 0.0177. The number of fused-ring (bicyclic) bond motifs is 1. The Morgan fingerprint density at radius 2 is 2.25 bits per heavy atom. The molecule has 1 amide bonds. The molecule has 0 aliphatic heterocycles. The number of carbonyl (C=O) groups is 1. The highest BCUT2D eigenvalue weighted by Gasteiger charge is 2.12. The number of aliphatic hydroxyl groups is 1. The molecule has 7 nitrogen and oxygen atoms in total. The van der Waals surface area contributed by atoms with E-state index in [1.165, 1.54) is 6.33 Å². The molecule has 0 saturated heterocycles. The second-order valence-corrected chi connectivity index (χ2v) is 4.66. The number of nitrogens with one attached hydrogen (secondary N) is 1. The van der Waals surface area contributed by atoms with Gasteiger partial charge in [-0.1, -0.05) is 0 Å². The van der Waals surface area contributed by atoms with Crippen molar-refractivity contribution < 1.29 is 9.90 Å². The summed E-state index contributed by atoms with van der Waals surface area (Å²) < 4.78 is 1.69. The van der Waals surface area contributed by atoms with Gasteiger partial charge in [-0.15, -0.1) is 0 Å². The van der Waals surface area contributed by atoms with Crippen molar-refractivity contribution in [2.45, 2.75) is 33.1 Å². The number of aromatic nitrogens is 4. The standard InChI is InChI=1S/C13H19N5O2/c1-9-11(4-5-12(20)14-6-3-7-19)10(2)18-13(17-9)15-8-16-18/h8,19H,3-7H2,1-2H3,(H,14,20). The molecule has 2 aromatic heterocycles. The zero-order valence-electron chi connectivity index (χ0n) is 11.8. The maximum atomic E-state index is 11.7. The van der Waals surface area contributed by atoms with Crippen molar-refractivity contribution in [3.63, 3.8) is 0 Å². The maximum Gasteiger partial charge on any atom is 0.252 e. The first kappa shape index (κ1) is 14.4. The summed E-state index contributed by atoms with van der Waals surface area (Å²) in [6.45, 7) is 4.47. The fourth-order valence-electron chi connectivity index (χ4n) is 2.15. The molecular weight excluding hydrogens is 258 g/mol. The average Bonchev–Trinajstić information content (AvgIpc) is 2.87. The second kappa shape index (κ2) is 6.42. The lowest BCUT2D eigenvalue weighted by molar-refractivity contribution is -0.121. The number of amides is 1. The van der Waals surface area contributed by atoms with E-state index in [0.29, 0.717) is 31.6 Å². The molecule has 0 aliphatic rings. The number of hydrogen-bond donors (Lipinski definition) is 2. The Balaban J connectivity index is 2.04. The lowest BCUT2D eigenvalue weighted by Crippen LogP contribution is -2.25. The Morgan fingerprint density at radius 1 is 1.45 bits per heavy atom. The third-order valence-electron chi connectivity index (χ3n) is 3.25. The summed E-state index contributed by atoms with van der Waals surface area (Å²) in [5.74, 6) is 0.562. The molecule has 7 heteroatoms. The number of carbonyl (C=O) groups excluding carboxylic acids is 1. The van der Waals surface area contributed by atoms with Crippen LogP contribution in [-0.2, 0) is 11.2 Å². The number of rotatable bonds is 6. The fourth-order valence-corrected chi connectivity index (χ4v) is 2.15. The first-order valence-corrected chi connectivity index (χ1v) is 6.67. The highest BCUT2D eigenvalue weighted by Crippen LogP contribution is 2.14. The van der Waals surface area contributed by atoms with Gasteiger partial charge in [-0.25, -0.2) is 9.50 Å². The van der Waals surface area contributed by atoms with Crippen molar-refractivity contribution in [1.82, 2.24) is 24.9 Å². The minimum atomic E-state index is -0.0177. The molecule has 0 spiro atoms. The van der Waals surface area contributed by atoms with E-state index in [0.717, 1.165) is 17.0 Å². The third-order valence-corrected chi connectivity index (χ3v) is 3.25. The quantitative estimate of drug-likeness (QED) is 0.734. The van der Waals surface area contributed by atoms with E-state index in [1.807, 2.05) is 13.8 Å². The molecule has 108 valence electrons. The summed E-state index contributed by atoms with van der Waals surface area (Å²) in [4.78, 5) is 20.1. The largest absolute Gasteiger partial charge is 0.396 e. The Kier molecular flexibility index (Phi) is 4.62. The lowest BCUT2D eigenvalue weighted by Gasteiger charge is -2.10. The second-order valence-electron chi connectivity index (χ2n) is 4.66. The van der Waals surface area contributed by atoms with Crippen LogP contribution in [0, 0.1) is 13.8 Å². The van der Waals surface area contributed by atoms with E-state index >= 15 is 0 Å². The van der Waals surface area contributed by atoms with Crippen LogP contribution in [0.2, 0.25) is 0 Å². The molecule has 0 radical (unpaired) electrons. The Bertz CT molecular complexity index is 608. The summed E-state index contributed by atoms with van der Waals surface area (Å²) in [6.07, 6.45) is 3.07. The van der Waals surface area contributed by atoms with Crippen LogP contribution in [0.1, 0.15) is 29.8 Å². The molecule has 0 aromatic carbocycles. The molecule has 2 aromatic rings. The molecule has 0 aliphatic carbocycles. The average molecular weight is 277 g/mol. The number of nitrogens with zero attached hydrogens (tertiary/aromatic N) is 4. The highest BCUT2D eigenvalue weighted by atomic mass is 16.3. The fraction of sp³-hybridized carbons (Fsp3) is 0.538. The summed E-state index contributed by atoms with van der Waals surface area (Å²) in [6, 6.07) is 0. The van der Waals surface area contributed by atoms with Gasteiger partial charge in [0.15, 0.2) is 0 Å². The van der Waals surface area contributed by atoms with Gasteiger partial charge in [0.05, 0.1) is 0 Å². The van der Waals surface area contributed by atoms with E-state index in [1.54, 1.807) is 4.52 Å². The zero-order chi connectivity index (χ0) is 14.5. The van der Waals surface area contributed by atoms with Gasteiger partial charge < -0.3 is 10.4 Å². The van der Waals surface area contributed by atoms with Crippen LogP contribution in [-0.4, -0.2) is 43.7 Å². The minimum Gasteiger partial charge on any atom is -0.396 e. The van der Waals surface area contributed by atoms with Gasteiger partial charge in [0.1, 0.15) is 6.33 Å². The van der Waals surface area contributed by atoms with Crippen LogP contribution in [0.4, 0.5) is 0 Å². The molecule has 2 N–H and O–H groups in total. The van der Waals surface area contributed by atoms with Crippen LogP contribution >= 0.6 is 0 Å². The molecule has 2 heterocycles. The van der Waals surface area contributed by atoms with Crippen molar-refractivity contribution in [2.75, 3.05) is 13.2 Å². The zero-order valence-corrected chi connectivity index (χ0v) is 11.8. The number of aryl methyl sites for hydroxylation is 2. The molecular formula is C13H19N5O2. The summed E-state index contributed by atoms with van der Waals surface area (Å²) in [5.41, 5.74) is 2.87. The van der Waals surface area contributed by atoms with Gasteiger partial charge in [-0.2, -0.15) is 10.1 Å². The normalized spacial score (nSPS) is 10.9. The lowest BCUT2D eigenvalue weighted by atomic mass is 10.1. The van der Waals surface area contributed by atoms with Gasteiger partial charge in [0, 0.05) is 31.0 Å². The van der Waals surface area contributed by atoms with Gasteiger partial charge in [-0.3, -0.25) is 4.79 Å². The number of aliphatic hydroxyl groups excluding tert-OH is 1. The van der Waals surface area contributed by atoms with Crippen LogP contribution in [0.5, 0.6) is 0 Å². The molecule has 20 heavy (non-hydrogen) atoms. The summed E-state index contributed by atoms with van der Waals surface area (Å²) >= 11 is 0. The van der Waals surface area contributed by atoms with Gasteiger partial charge in [-0.05, 0) is 32.3 Å². The van der Waals surface area contributed by atoms with E-state index < -0.39 is 0 Å². The Labute approximate surface area is 117 Å². The Morgan fingerprint density at radius 3 is 3.00 bits per heavy atom. The Hall–Kier alpha value is -2.02. The van der Waals surface area contributed by atoms with Crippen molar-refractivity contribution in [3.05, 3.63) is 23.3 Å². The van der Waals surface area contributed by atoms with E-state index in [9.17, 15) is 4.79 Å². The molecule has 0 saturated carbocycles. The maximum absolute atomic E-state index is 11.7. The smallest absolute Gasteiger partial charge is 0.252 e. The summed E-state index contributed by atoms with van der Waals surface area (Å²) in [7, 11) is 0. The molecule has 0 fully saturated rings. The van der Waals surface area contributed by atoms with Crippen LogP contribution in [0.15, 0.2) is 6.33 Å². The van der Waals surface area contributed by atoms with Gasteiger partial charge in [0.25, 0.3) is 5.78 Å². The topological polar surface area (TPSA) is 92.4 Å². The number of hydrogen-bond acceptors (Lipinski definition) is 5. The molecule has 0 atom stereocenters. The monoisotopic (exact) mass is 277 g/mol. The SMILES string of the molecule is Cc1nc2ncnn2c(C)c1CCC(=O)NCCCO. The van der Waals surface area contributed by atoms with Crippen molar-refractivity contribution >= 4 is 11.7 Å². The van der Waals surface area contributed by atoms with E-state index in [-0.39, 0.29) is 12.5 Å². The molecule has 0 bridgehead atoms. The van der Waals surface area contributed by atoms with Crippen molar-refractivity contribution in [3.8, 4) is 0 Å². The van der Waals surface area contributed by atoms with Crippen molar-refractivity contribution in [2.24, 2.45) is 0 Å². The summed E-state index contributed by atoms with van der Waals surface area (Å²) in [5, 5.41) is 15.6. The van der Waals surface area contributed by atoms with Gasteiger partial charge >= 0.3 is 0 Å². The molecule has 0 unspecified atom stereocenters.